The first-order valence-electron chi connectivity index (χ1n) is 5.73. The predicted octanol–water partition coefficient (Wildman–Crippen LogP) is 2.49. The highest BCUT2D eigenvalue weighted by Crippen LogP contribution is 2.11. The smallest absolute Gasteiger partial charge is 0.313 e. The second-order valence-electron chi connectivity index (χ2n) is 3.89. The number of esters is 1. The van der Waals surface area contributed by atoms with Crippen LogP contribution in [0.5, 0.6) is 0 Å². The lowest BCUT2D eigenvalue weighted by Crippen LogP contribution is -2.33. The lowest BCUT2D eigenvalue weighted by atomic mass is 10.2. The average molecular weight is 229 g/mol. The van der Waals surface area contributed by atoms with Gasteiger partial charge in [-0.15, -0.1) is 0 Å². The normalized spacial score (nSPS) is 17.0. The zero-order valence-corrected chi connectivity index (χ0v) is 10.1. The standard InChI is InChI=1S/C11H19NO2S/c1-2-7-10(13)14-11(15)12-8-5-3-4-6-9-12/h2-9H2,1H3. The van der Waals surface area contributed by atoms with Gasteiger partial charge in [0.05, 0.1) is 0 Å². The van der Waals surface area contributed by atoms with Crippen molar-refractivity contribution in [3.63, 3.8) is 0 Å². The number of hydrogen-bond donors (Lipinski definition) is 0. The molecule has 1 fully saturated rings. The zero-order chi connectivity index (χ0) is 11.1. The molecule has 1 rings (SSSR count). The fourth-order valence-corrected chi connectivity index (χ4v) is 1.95. The van der Waals surface area contributed by atoms with Crippen LogP contribution in [-0.2, 0) is 9.53 Å². The van der Waals surface area contributed by atoms with E-state index in [1.54, 1.807) is 0 Å². The van der Waals surface area contributed by atoms with Gasteiger partial charge in [0.2, 0.25) is 0 Å². The van der Waals surface area contributed by atoms with Gasteiger partial charge in [-0.3, -0.25) is 4.79 Å². The molecule has 3 nitrogen and oxygen atoms in total. The Morgan fingerprint density at radius 3 is 2.40 bits per heavy atom. The molecule has 86 valence electrons. The Bertz CT molecular complexity index is 223. The minimum absolute atomic E-state index is 0.202. The summed E-state index contributed by atoms with van der Waals surface area (Å²) in [7, 11) is 0. The largest absolute Gasteiger partial charge is 0.399 e. The highest BCUT2D eigenvalue weighted by atomic mass is 32.1. The Balaban J connectivity index is 2.34. The van der Waals surface area contributed by atoms with E-state index in [9.17, 15) is 4.79 Å². The molecular formula is C11H19NO2S. The Morgan fingerprint density at radius 2 is 1.87 bits per heavy atom. The van der Waals surface area contributed by atoms with Crippen LogP contribution in [0, 0.1) is 0 Å². The van der Waals surface area contributed by atoms with E-state index >= 15 is 0 Å². The summed E-state index contributed by atoms with van der Waals surface area (Å²) in [6.07, 6.45) is 6.05. The van der Waals surface area contributed by atoms with Crippen LogP contribution in [0.3, 0.4) is 0 Å². The van der Waals surface area contributed by atoms with Gasteiger partial charge in [-0.25, -0.2) is 0 Å². The summed E-state index contributed by atoms with van der Waals surface area (Å²) < 4.78 is 5.10. The zero-order valence-electron chi connectivity index (χ0n) is 9.33. The van der Waals surface area contributed by atoms with Crippen LogP contribution in [-0.4, -0.2) is 29.1 Å². The number of likely N-dealkylation sites (tertiary alicyclic amines) is 1. The molecule has 4 heteroatoms. The molecule has 1 aliphatic heterocycles. The first-order valence-corrected chi connectivity index (χ1v) is 6.14. The van der Waals surface area contributed by atoms with Gasteiger partial charge in [-0.1, -0.05) is 19.8 Å². The number of ether oxygens (including phenoxy) is 1. The molecule has 0 unspecified atom stereocenters. The summed E-state index contributed by atoms with van der Waals surface area (Å²) in [6, 6.07) is 0. The van der Waals surface area contributed by atoms with E-state index in [1.807, 2.05) is 11.8 Å². The van der Waals surface area contributed by atoms with Gasteiger partial charge < -0.3 is 9.64 Å². The first-order chi connectivity index (χ1) is 7.24. The lowest BCUT2D eigenvalue weighted by molar-refractivity contribution is -0.136. The van der Waals surface area contributed by atoms with Crippen molar-refractivity contribution >= 4 is 23.4 Å². The van der Waals surface area contributed by atoms with Crippen molar-refractivity contribution in [3.8, 4) is 0 Å². The van der Waals surface area contributed by atoms with Crippen molar-refractivity contribution in [1.29, 1.82) is 0 Å². The van der Waals surface area contributed by atoms with Crippen LogP contribution in [0.25, 0.3) is 0 Å². The van der Waals surface area contributed by atoms with Crippen molar-refractivity contribution in [3.05, 3.63) is 0 Å². The molecule has 0 aromatic rings. The van der Waals surface area contributed by atoms with E-state index in [0.717, 1.165) is 32.4 Å². The van der Waals surface area contributed by atoms with E-state index in [1.165, 1.54) is 12.8 Å². The van der Waals surface area contributed by atoms with Gasteiger partial charge in [-0.2, -0.15) is 0 Å². The highest BCUT2D eigenvalue weighted by molar-refractivity contribution is 7.80. The number of nitrogens with zero attached hydrogens (tertiary/aromatic N) is 1. The van der Waals surface area contributed by atoms with Crippen LogP contribution >= 0.6 is 12.2 Å². The third kappa shape index (κ3) is 4.60. The van der Waals surface area contributed by atoms with Crippen LogP contribution < -0.4 is 0 Å². The summed E-state index contributed by atoms with van der Waals surface area (Å²) in [5, 5.41) is 0.371. The molecule has 1 heterocycles. The maximum absolute atomic E-state index is 11.2. The topological polar surface area (TPSA) is 29.5 Å². The molecule has 0 radical (unpaired) electrons. The molecule has 0 amide bonds. The van der Waals surface area contributed by atoms with Crippen molar-refractivity contribution in [2.75, 3.05) is 13.1 Å². The van der Waals surface area contributed by atoms with Gasteiger partial charge in [0.1, 0.15) is 0 Å². The summed E-state index contributed by atoms with van der Waals surface area (Å²) in [5.74, 6) is -0.202. The Morgan fingerprint density at radius 1 is 1.27 bits per heavy atom. The van der Waals surface area contributed by atoms with Crippen LogP contribution in [0.1, 0.15) is 45.4 Å². The molecule has 0 bridgehead atoms. The van der Waals surface area contributed by atoms with E-state index in [-0.39, 0.29) is 5.97 Å². The molecule has 0 aromatic heterocycles. The third-order valence-electron chi connectivity index (χ3n) is 2.52. The second kappa shape index (κ2) is 6.77. The first kappa shape index (κ1) is 12.4. The van der Waals surface area contributed by atoms with Crippen LogP contribution in [0.4, 0.5) is 0 Å². The molecule has 0 saturated carbocycles. The summed E-state index contributed by atoms with van der Waals surface area (Å²) in [5.41, 5.74) is 0. The van der Waals surface area contributed by atoms with Crippen molar-refractivity contribution < 1.29 is 9.53 Å². The third-order valence-corrected chi connectivity index (χ3v) is 2.86. The van der Waals surface area contributed by atoms with Gasteiger partial charge in [-0.05, 0) is 31.5 Å². The fraction of sp³-hybridized carbons (Fsp3) is 0.818. The Labute approximate surface area is 96.8 Å². The number of carbonyl (C=O) groups is 1. The van der Waals surface area contributed by atoms with E-state index in [0.29, 0.717) is 11.6 Å². The lowest BCUT2D eigenvalue weighted by Gasteiger charge is -2.21. The van der Waals surface area contributed by atoms with Gasteiger partial charge in [0.25, 0.3) is 5.17 Å². The molecule has 1 aliphatic rings. The average Bonchev–Trinajstić information content (AvgIpc) is 2.45. The Hall–Kier alpha value is -0.640. The van der Waals surface area contributed by atoms with Gasteiger partial charge in [0.15, 0.2) is 0 Å². The highest BCUT2D eigenvalue weighted by Gasteiger charge is 2.15. The predicted molar refractivity (Wildman–Crippen MR) is 63.6 cm³/mol. The minimum Gasteiger partial charge on any atom is -0.399 e. The molecule has 0 atom stereocenters. The molecular weight excluding hydrogens is 210 g/mol. The quantitative estimate of drug-likeness (QED) is 0.537. The minimum atomic E-state index is -0.202. The van der Waals surface area contributed by atoms with E-state index in [2.05, 4.69) is 0 Å². The van der Waals surface area contributed by atoms with Gasteiger partial charge in [0, 0.05) is 19.5 Å². The molecule has 0 spiro atoms. The fourth-order valence-electron chi connectivity index (χ4n) is 1.67. The number of rotatable bonds is 2. The monoisotopic (exact) mass is 229 g/mol. The number of thiocarbonyl (C=S) groups is 1. The van der Waals surface area contributed by atoms with Crippen molar-refractivity contribution in [1.82, 2.24) is 4.90 Å². The summed E-state index contributed by atoms with van der Waals surface area (Å²) >= 11 is 5.11. The van der Waals surface area contributed by atoms with Gasteiger partial charge >= 0.3 is 5.97 Å². The summed E-state index contributed by atoms with van der Waals surface area (Å²) in [6.45, 7) is 3.81. The Kier molecular flexibility index (Phi) is 5.61. The number of hydrogen-bond acceptors (Lipinski definition) is 3. The maximum atomic E-state index is 11.2. The van der Waals surface area contributed by atoms with E-state index < -0.39 is 0 Å². The van der Waals surface area contributed by atoms with Crippen LogP contribution in [0.2, 0.25) is 0 Å². The molecule has 15 heavy (non-hydrogen) atoms. The maximum Gasteiger partial charge on any atom is 0.313 e. The molecule has 0 N–H and O–H groups in total. The molecule has 0 aliphatic carbocycles. The van der Waals surface area contributed by atoms with Crippen LogP contribution in [0.15, 0.2) is 0 Å². The summed E-state index contributed by atoms with van der Waals surface area (Å²) in [4.78, 5) is 13.3. The SMILES string of the molecule is CCCC(=O)OC(=S)N1CCCCCC1. The van der Waals surface area contributed by atoms with E-state index in [4.69, 9.17) is 17.0 Å². The van der Waals surface area contributed by atoms with Crippen molar-refractivity contribution in [2.45, 2.75) is 45.4 Å². The number of carbonyl (C=O) groups excluding carboxylic acids is 1. The van der Waals surface area contributed by atoms with Crippen molar-refractivity contribution in [2.24, 2.45) is 0 Å². The molecule has 1 saturated heterocycles. The molecule has 0 aromatic carbocycles. The second-order valence-corrected chi connectivity index (χ2v) is 4.24.